The van der Waals surface area contributed by atoms with E-state index in [4.69, 9.17) is 5.73 Å². The van der Waals surface area contributed by atoms with Crippen LogP contribution in [0.15, 0.2) is 6.20 Å². The fourth-order valence-electron chi connectivity index (χ4n) is 1.22. The van der Waals surface area contributed by atoms with Crippen molar-refractivity contribution >= 4 is 23.2 Å². The SMILES string of the molecule is CCc1nsc(-n2cc(N)c(C(=O)OC)n2)n1. The summed E-state index contributed by atoms with van der Waals surface area (Å²) in [6.45, 7) is 1.96. The highest BCUT2D eigenvalue weighted by Gasteiger charge is 2.17. The third-order valence-electron chi connectivity index (χ3n) is 2.09. The smallest absolute Gasteiger partial charge is 0.360 e. The lowest BCUT2D eigenvalue weighted by Crippen LogP contribution is -2.06. The minimum Gasteiger partial charge on any atom is -0.464 e. The third-order valence-corrected chi connectivity index (χ3v) is 2.83. The van der Waals surface area contributed by atoms with Crippen molar-refractivity contribution in [2.24, 2.45) is 0 Å². The molecule has 2 aromatic rings. The van der Waals surface area contributed by atoms with E-state index in [-0.39, 0.29) is 11.4 Å². The third kappa shape index (κ3) is 2.11. The number of esters is 1. The summed E-state index contributed by atoms with van der Waals surface area (Å²) in [6, 6.07) is 0. The van der Waals surface area contributed by atoms with E-state index >= 15 is 0 Å². The number of aryl methyl sites for hydroxylation is 1. The van der Waals surface area contributed by atoms with Gasteiger partial charge >= 0.3 is 5.97 Å². The van der Waals surface area contributed by atoms with Gasteiger partial charge in [-0.05, 0) is 0 Å². The van der Waals surface area contributed by atoms with Crippen LogP contribution in [0.25, 0.3) is 5.13 Å². The number of hydrogen-bond donors (Lipinski definition) is 1. The van der Waals surface area contributed by atoms with E-state index in [0.717, 1.165) is 12.2 Å². The van der Waals surface area contributed by atoms with Gasteiger partial charge in [0.1, 0.15) is 5.82 Å². The molecule has 2 heterocycles. The topological polar surface area (TPSA) is 95.9 Å². The van der Waals surface area contributed by atoms with Gasteiger partial charge in [-0.1, -0.05) is 6.92 Å². The molecule has 0 aromatic carbocycles. The number of carbonyl (C=O) groups is 1. The molecular formula is C9H11N5O2S. The molecule has 0 bridgehead atoms. The molecule has 8 heteroatoms. The molecule has 0 radical (unpaired) electrons. The van der Waals surface area contributed by atoms with Crippen LogP contribution in [0.2, 0.25) is 0 Å². The van der Waals surface area contributed by atoms with Crippen LogP contribution in [0.1, 0.15) is 23.2 Å². The summed E-state index contributed by atoms with van der Waals surface area (Å²) in [5.41, 5.74) is 6.01. The standard InChI is InChI=1S/C9H11N5O2S/c1-3-6-11-9(17-13-6)14-4-5(10)7(12-14)8(15)16-2/h4H,3,10H2,1-2H3. The summed E-state index contributed by atoms with van der Waals surface area (Å²) in [5.74, 6) is 0.167. The van der Waals surface area contributed by atoms with Gasteiger partial charge in [0.05, 0.1) is 19.0 Å². The van der Waals surface area contributed by atoms with Crippen LogP contribution < -0.4 is 5.73 Å². The van der Waals surface area contributed by atoms with Crippen LogP contribution in [-0.4, -0.2) is 32.2 Å². The number of carbonyl (C=O) groups excluding carboxylic acids is 1. The highest BCUT2D eigenvalue weighted by atomic mass is 32.1. The van der Waals surface area contributed by atoms with Crippen molar-refractivity contribution in [2.45, 2.75) is 13.3 Å². The Balaban J connectivity index is 2.37. The highest BCUT2D eigenvalue weighted by molar-refractivity contribution is 7.08. The Morgan fingerprint density at radius 2 is 2.41 bits per heavy atom. The van der Waals surface area contributed by atoms with E-state index < -0.39 is 5.97 Å². The van der Waals surface area contributed by atoms with E-state index in [1.54, 1.807) is 0 Å². The number of anilines is 1. The predicted octanol–water partition coefficient (Wildman–Crippen LogP) is 0.655. The average Bonchev–Trinajstić information content (AvgIpc) is 2.94. The lowest BCUT2D eigenvalue weighted by atomic mass is 10.4. The number of methoxy groups -OCH3 is 1. The molecule has 0 aliphatic rings. The number of nitrogens with zero attached hydrogens (tertiary/aromatic N) is 4. The van der Waals surface area contributed by atoms with Crippen LogP contribution in [-0.2, 0) is 11.2 Å². The summed E-state index contributed by atoms with van der Waals surface area (Å²) < 4.78 is 10.1. The van der Waals surface area contributed by atoms with Gasteiger partial charge in [0.2, 0.25) is 5.13 Å². The number of ether oxygens (including phenoxy) is 1. The molecule has 0 aliphatic carbocycles. The summed E-state index contributed by atoms with van der Waals surface area (Å²) in [4.78, 5) is 15.6. The molecule has 2 aromatic heterocycles. The highest BCUT2D eigenvalue weighted by Crippen LogP contribution is 2.16. The van der Waals surface area contributed by atoms with E-state index in [1.807, 2.05) is 6.92 Å². The first-order valence-corrected chi connectivity index (χ1v) is 5.69. The quantitative estimate of drug-likeness (QED) is 0.807. The first kappa shape index (κ1) is 11.5. The van der Waals surface area contributed by atoms with Gasteiger partial charge in [0.25, 0.3) is 0 Å². The normalized spacial score (nSPS) is 10.5. The Kier molecular flexibility index (Phi) is 3.05. The van der Waals surface area contributed by atoms with Crippen LogP contribution in [0.4, 0.5) is 5.69 Å². The van der Waals surface area contributed by atoms with Crippen LogP contribution >= 0.6 is 11.5 Å². The Morgan fingerprint density at radius 1 is 1.65 bits per heavy atom. The van der Waals surface area contributed by atoms with Crippen molar-refractivity contribution in [1.82, 2.24) is 19.1 Å². The summed E-state index contributed by atoms with van der Waals surface area (Å²) in [6.07, 6.45) is 2.27. The van der Waals surface area contributed by atoms with Crippen LogP contribution in [0, 0.1) is 0 Å². The lowest BCUT2D eigenvalue weighted by molar-refractivity contribution is 0.0594. The van der Waals surface area contributed by atoms with E-state index in [0.29, 0.717) is 5.13 Å². The second kappa shape index (κ2) is 4.50. The van der Waals surface area contributed by atoms with Crippen molar-refractivity contribution in [3.05, 3.63) is 17.7 Å². The van der Waals surface area contributed by atoms with Crippen molar-refractivity contribution in [1.29, 1.82) is 0 Å². The predicted molar refractivity (Wildman–Crippen MR) is 62.2 cm³/mol. The molecule has 90 valence electrons. The van der Waals surface area contributed by atoms with Crippen molar-refractivity contribution < 1.29 is 9.53 Å². The fourth-order valence-corrected chi connectivity index (χ4v) is 1.90. The van der Waals surface area contributed by atoms with Crippen molar-refractivity contribution in [3.8, 4) is 5.13 Å². The van der Waals surface area contributed by atoms with Gasteiger partial charge in [-0.15, -0.1) is 0 Å². The largest absolute Gasteiger partial charge is 0.464 e. The Labute approximate surface area is 101 Å². The van der Waals surface area contributed by atoms with Gasteiger partial charge in [-0.3, -0.25) is 0 Å². The minimum atomic E-state index is -0.568. The number of hydrogen-bond acceptors (Lipinski definition) is 7. The van der Waals surface area contributed by atoms with Gasteiger partial charge < -0.3 is 10.5 Å². The molecule has 0 aliphatic heterocycles. The van der Waals surface area contributed by atoms with Gasteiger partial charge in [0, 0.05) is 18.0 Å². The molecule has 7 nitrogen and oxygen atoms in total. The molecule has 2 rings (SSSR count). The molecule has 17 heavy (non-hydrogen) atoms. The van der Waals surface area contributed by atoms with E-state index in [2.05, 4.69) is 19.2 Å². The number of aromatic nitrogens is 4. The first-order valence-electron chi connectivity index (χ1n) is 4.92. The maximum Gasteiger partial charge on any atom is 0.360 e. The average molecular weight is 253 g/mol. The van der Waals surface area contributed by atoms with E-state index in [1.165, 1.54) is 29.5 Å². The van der Waals surface area contributed by atoms with Gasteiger partial charge in [0.15, 0.2) is 5.69 Å². The summed E-state index contributed by atoms with van der Waals surface area (Å²) in [7, 11) is 1.28. The number of nitrogen functional groups attached to an aromatic ring is 1. The van der Waals surface area contributed by atoms with E-state index in [9.17, 15) is 4.79 Å². The Morgan fingerprint density at radius 3 is 3.00 bits per heavy atom. The first-order chi connectivity index (χ1) is 8.15. The zero-order chi connectivity index (χ0) is 12.4. The number of nitrogens with two attached hydrogens (primary N) is 1. The van der Waals surface area contributed by atoms with Crippen molar-refractivity contribution in [2.75, 3.05) is 12.8 Å². The number of rotatable bonds is 3. The van der Waals surface area contributed by atoms with Crippen LogP contribution in [0.5, 0.6) is 0 Å². The second-order valence-corrected chi connectivity index (χ2v) is 3.95. The lowest BCUT2D eigenvalue weighted by Gasteiger charge is -1.94. The molecule has 0 fully saturated rings. The molecule has 0 saturated carbocycles. The maximum atomic E-state index is 11.3. The van der Waals surface area contributed by atoms with Gasteiger partial charge in [-0.25, -0.2) is 14.5 Å². The molecule has 0 saturated heterocycles. The van der Waals surface area contributed by atoms with Crippen LogP contribution in [0.3, 0.4) is 0 Å². The fraction of sp³-hybridized carbons (Fsp3) is 0.333. The minimum absolute atomic E-state index is 0.0840. The molecule has 0 atom stereocenters. The second-order valence-electron chi connectivity index (χ2n) is 3.22. The zero-order valence-corrected chi connectivity index (χ0v) is 10.2. The molecule has 0 amide bonds. The summed E-state index contributed by atoms with van der Waals surface area (Å²) in [5, 5.41) is 4.60. The van der Waals surface area contributed by atoms with Gasteiger partial charge in [-0.2, -0.15) is 9.47 Å². The maximum absolute atomic E-state index is 11.3. The Bertz CT molecular complexity index is 547. The van der Waals surface area contributed by atoms with Crippen molar-refractivity contribution in [3.63, 3.8) is 0 Å². The monoisotopic (exact) mass is 253 g/mol. The summed E-state index contributed by atoms with van der Waals surface area (Å²) >= 11 is 1.20. The molecular weight excluding hydrogens is 242 g/mol. The molecule has 0 unspecified atom stereocenters. The zero-order valence-electron chi connectivity index (χ0n) is 9.38. The molecule has 2 N–H and O–H groups in total. The Hall–Kier alpha value is -1.96. The molecule has 0 spiro atoms.